The van der Waals surface area contributed by atoms with Gasteiger partial charge in [-0.1, -0.05) is 43.3 Å². The summed E-state index contributed by atoms with van der Waals surface area (Å²) in [6, 6.07) is 14.1. The summed E-state index contributed by atoms with van der Waals surface area (Å²) in [5.74, 6) is -0.717. The highest BCUT2D eigenvalue weighted by Gasteiger charge is 2.21. The van der Waals surface area contributed by atoms with Gasteiger partial charge in [0.05, 0.1) is 0 Å². The van der Waals surface area contributed by atoms with Gasteiger partial charge >= 0.3 is 0 Å². The van der Waals surface area contributed by atoms with E-state index in [0.29, 0.717) is 17.9 Å². The van der Waals surface area contributed by atoms with E-state index in [1.165, 1.54) is 17.7 Å². The molecule has 1 N–H and O–H groups in total. The van der Waals surface area contributed by atoms with Crippen LogP contribution in [-0.2, 0) is 6.42 Å². The van der Waals surface area contributed by atoms with Crippen LogP contribution < -0.4 is 5.32 Å². The first kappa shape index (κ1) is 15.6. The number of hydrogen-bond donors (Lipinski definition) is 1. The Morgan fingerprint density at radius 3 is 2.33 bits per heavy atom. The van der Waals surface area contributed by atoms with Crippen molar-refractivity contribution in [3.8, 4) is 0 Å². The molecule has 0 amide bonds. The summed E-state index contributed by atoms with van der Waals surface area (Å²) in [4.78, 5) is 0. The molecule has 2 unspecified atom stereocenters. The zero-order valence-electron chi connectivity index (χ0n) is 12.4. The fourth-order valence-electron chi connectivity index (χ4n) is 2.82. The maximum atomic E-state index is 13.8. The number of likely N-dealkylation sites (N-methyl/N-ethyl adjacent to an activating group) is 1. The summed E-state index contributed by atoms with van der Waals surface area (Å²) in [5.41, 5.74) is 1.78. The molecule has 0 aliphatic carbocycles. The smallest absolute Gasteiger partial charge is 0.129 e. The Labute approximate surface area is 125 Å². The van der Waals surface area contributed by atoms with Gasteiger partial charge < -0.3 is 5.32 Å². The van der Waals surface area contributed by atoms with Crippen molar-refractivity contribution in [2.24, 2.45) is 0 Å². The van der Waals surface area contributed by atoms with E-state index in [9.17, 15) is 8.78 Å². The minimum atomic E-state index is -0.535. The van der Waals surface area contributed by atoms with Crippen molar-refractivity contribution in [2.45, 2.75) is 31.7 Å². The Morgan fingerprint density at radius 2 is 1.76 bits per heavy atom. The van der Waals surface area contributed by atoms with Crippen molar-refractivity contribution in [1.29, 1.82) is 0 Å². The van der Waals surface area contributed by atoms with E-state index in [0.717, 1.165) is 12.5 Å². The van der Waals surface area contributed by atoms with Crippen LogP contribution in [-0.4, -0.2) is 13.1 Å². The summed E-state index contributed by atoms with van der Waals surface area (Å²) in [5, 5.41) is 3.28. The number of rotatable bonds is 6. The maximum Gasteiger partial charge on any atom is 0.129 e. The van der Waals surface area contributed by atoms with Crippen molar-refractivity contribution in [3.63, 3.8) is 0 Å². The van der Waals surface area contributed by atoms with Gasteiger partial charge in [0.25, 0.3) is 0 Å². The lowest BCUT2D eigenvalue weighted by atomic mass is 9.85. The maximum absolute atomic E-state index is 13.8. The molecule has 0 aromatic heterocycles. The van der Waals surface area contributed by atoms with Crippen LogP contribution in [0.3, 0.4) is 0 Å². The van der Waals surface area contributed by atoms with Gasteiger partial charge in [-0.25, -0.2) is 8.78 Å². The average molecular weight is 289 g/mol. The minimum Gasteiger partial charge on any atom is -0.316 e. The van der Waals surface area contributed by atoms with Gasteiger partial charge in [0, 0.05) is 12.1 Å². The monoisotopic (exact) mass is 289 g/mol. The number of hydrogen-bond acceptors (Lipinski definition) is 1. The van der Waals surface area contributed by atoms with Crippen LogP contribution in [0.4, 0.5) is 8.78 Å². The third kappa shape index (κ3) is 3.88. The Balaban J connectivity index is 2.22. The summed E-state index contributed by atoms with van der Waals surface area (Å²) in [6.45, 7) is 2.13. The molecular formula is C18H21F2N. The van der Waals surface area contributed by atoms with Gasteiger partial charge in [-0.2, -0.15) is 0 Å². The zero-order valence-corrected chi connectivity index (χ0v) is 12.4. The van der Waals surface area contributed by atoms with Gasteiger partial charge in [0.1, 0.15) is 11.6 Å². The highest BCUT2D eigenvalue weighted by molar-refractivity contribution is 5.24. The Morgan fingerprint density at radius 1 is 1.05 bits per heavy atom. The van der Waals surface area contributed by atoms with E-state index >= 15 is 0 Å². The predicted octanol–water partition coefficient (Wildman–Crippen LogP) is 4.29. The first-order valence-corrected chi connectivity index (χ1v) is 7.31. The van der Waals surface area contributed by atoms with Crippen LogP contribution in [0.1, 0.15) is 30.4 Å². The first-order valence-electron chi connectivity index (χ1n) is 7.31. The van der Waals surface area contributed by atoms with E-state index in [1.807, 2.05) is 25.2 Å². The van der Waals surface area contributed by atoms with Crippen molar-refractivity contribution < 1.29 is 8.78 Å². The predicted molar refractivity (Wildman–Crippen MR) is 82.4 cm³/mol. The number of halogens is 2. The van der Waals surface area contributed by atoms with E-state index in [4.69, 9.17) is 0 Å². The molecule has 2 rings (SSSR count). The molecule has 21 heavy (non-hydrogen) atoms. The zero-order chi connectivity index (χ0) is 15.2. The molecule has 0 spiro atoms. The molecule has 0 bridgehead atoms. The lowest BCUT2D eigenvalue weighted by Crippen LogP contribution is -2.34. The van der Waals surface area contributed by atoms with Gasteiger partial charge in [-0.15, -0.1) is 0 Å². The fraction of sp³-hybridized carbons (Fsp3) is 0.333. The number of nitrogens with one attached hydrogen (secondary N) is 1. The molecule has 2 aromatic carbocycles. The van der Waals surface area contributed by atoms with Gasteiger partial charge in [0.15, 0.2) is 0 Å². The van der Waals surface area contributed by atoms with Crippen molar-refractivity contribution in [3.05, 3.63) is 71.3 Å². The molecular weight excluding hydrogens is 268 g/mol. The molecule has 3 heteroatoms. The molecule has 0 aliphatic rings. The minimum absolute atomic E-state index is 0.109. The van der Waals surface area contributed by atoms with Gasteiger partial charge in [-0.3, -0.25) is 0 Å². The molecule has 0 heterocycles. The summed E-state index contributed by atoms with van der Waals surface area (Å²) in [7, 11) is 1.89. The Hall–Kier alpha value is -1.74. The topological polar surface area (TPSA) is 12.0 Å². The second-order valence-electron chi connectivity index (χ2n) is 5.26. The summed E-state index contributed by atoms with van der Waals surface area (Å²) >= 11 is 0. The SMILES string of the molecule is CCC(c1ccccc1)C(Cc1ccc(F)cc1F)NC. The van der Waals surface area contributed by atoms with Crippen LogP contribution in [0.25, 0.3) is 0 Å². The van der Waals surface area contributed by atoms with E-state index in [1.54, 1.807) is 0 Å². The summed E-state index contributed by atoms with van der Waals surface area (Å²) in [6.07, 6.45) is 1.49. The normalized spacial score (nSPS) is 13.9. The lowest BCUT2D eigenvalue weighted by molar-refractivity contribution is 0.440. The Kier molecular flexibility index (Phi) is 5.45. The van der Waals surface area contributed by atoms with Crippen molar-refractivity contribution in [2.75, 3.05) is 7.05 Å². The first-order chi connectivity index (χ1) is 10.2. The fourth-order valence-corrected chi connectivity index (χ4v) is 2.82. The van der Waals surface area contributed by atoms with Gasteiger partial charge in [0.2, 0.25) is 0 Å². The molecule has 2 aromatic rings. The third-order valence-corrected chi connectivity index (χ3v) is 3.98. The van der Waals surface area contributed by atoms with Crippen LogP contribution in [0.2, 0.25) is 0 Å². The second kappa shape index (κ2) is 7.32. The molecule has 0 saturated heterocycles. The van der Waals surface area contributed by atoms with Crippen LogP contribution in [0.15, 0.2) is 48.5 Å². The van der Waals surface area contributed by atoms with Crippen molar-refractivity contribution >= 4 is 0 Å². The van der Waals surface area contributed by atoms with E-state index < -0.39 is 11.6 Å². The highest BCUT2D eigenvalue weighted by Crippen LogP contribution is 2.26. The Bertz CT molecular complexity index is 569. The standard InChI is InChI=1S/C18H21F2N/c1-3-16(13-7-5-4-6-8-13)18(21-2)11-14-9-10-15(19)12-17(14)20/h4-10,12,16,18,21H,3,11H2,1-2H3. The van der Waals surface area contributed by atoms with Gasteiger partial charge in [-0.05, 0) is 43.0 Å². The molecule has 112 valence electrons. The molecule has 0 radical (unpaired) electrons. The quantitative estimate of drug-likeness (QED) is 0.836. The molecule has 0 saturated carbocycles. The van der Waals surface area contributed by atoms with E-state index in [2.05, 4.69) is 24.4 Å². The van der Waals surface area contributed by atoms with Crippen LogP contribution in [0, 0.1) is 11.6 Å². The van der Waals surface area contributed by atoms with Crippen LogP contribution in [0.5, 0.6) is 0 Å². The lowest BCUT2D eigenvalue weighted by Gasteiger charge is -2.26. The largest absolute Gasteiger partial charge is 0.316 e. The molecule has 0 fully saturated rings. The van der Waals surface area contributed by atoms with E-state index in [-0.39, 0.29) is 6.04 Å². The molecule has 1 nitrogen and oxygen atoms in total. The summed E-state index contributed by atoms with van der Waals surface area (Å²) < 4.78 is 26.9. The molecule has 0 aliphatic heterocycles. The average Bonchev–Trinajstić information content (AvgIpc) is 2.50. The third-order valence-electron chi connectivity index (χ3n) is 3.98. The molecule has 2 atom stereocenters. The van der Waals surface area contributed by atoms with Crippen LogP contribution >= 0.6 is 0 Å². The number of benzene rings is 2. The highest BCUT2D eigenvalue weighted by atomic mass is 19.1. The second-order valence-corrected chi connectivity index (χ2v) is 5.26. The van der Waals surface area contributed by atoms with Crippen molar-refractivity contribution in [1.82, 2.24) is 5.32 Å².